The Labute approximate surface area is 152 Å². The first-order valence-corrected chi connectivity index (χ1v) is 10.0. The standard InChI is InChI=1S/C17H24N2O6S/c1-17(23,15(20)21)11-18-16(22)19-12-6-5-9-14(10-12)26(24,25)13-7-3-2-4-8-13/h5-6,9-10,13,23H,2-4,7-8,11H2,1H3,(H,20,21)(H2,18,19,22). The number of nitrogens with one attached hydrogen (secondary N) is 2. The van der Waals surface area contributed by atoms with Crippen LogP contribution in [0.4, 0.5) is 10.5 Å². The monoisotopic (exact) mass is 384 g/mol. The molecule has 1 saturated carbocycles. The molecule has 1 aromatic carbocycles. The molecule has 144 valence electrons. The average Bonchev–Trinajstić information content (AvgIpc) is 2.61. The highest BCUT2D eigenvalue weighted by Gasteiger charge is 2.31. The van der Waals surface area contributed by atoms with Crippen molar-refractivity contribution in [2.45, 2.75) is 54.8 Å². The maximum atomic E-state index is 12.7. The van der Waals surface area contributed by atoms with Crippen LogP contribution in [-0.2, 0) is 14.6 Å². The topological polar surface area (TPSA) is 133 Å². The number of benzene rings is 1. The number of carbonyl (C=O) groups excluding carboxylic acids is 1. The number of urea groups is 1. The van der Waals surface area contributed by atoms with Gasteiger partial charge in [0.15, 0.2) is 15.4 Å². The van der Waals surface area contributed by atoms with E-state index in [1.54, 1.807) is 6.07 Å². The molecule has 2 amide bonds. The zero-order chi connectivity index (χ0) is 19.4. The van der Waals surface area contributed by atoms with Gasteiger partial charge in [-0.2, -0.15) is 0 Å². The van der Waals surface area contributed by atoms with Gasteiger partial charge in [-0.05, 0) is 38.0 Å². The van der Waals surface area contributed by atoms with Crippen molar-refractivity contribution in [2.75, 3.05) is 11.9 Å². The highest BCUT2D eigenvalue weighted by molar-refractivity contribution is 7.92. The van der Waals surface area contributed by atoms with E-state index >= 15 is 0 Å². The molecule has 1 atom stereocenters. The number of aliphatic hydroxyl groups is 1. The molecule has 26 heavy (non-hydrogen) atoms. The van der Waals surface area contributed by atoms with Gasteiger partial charge in [0.05, 0.1) is 16.7 Å². The van der Waals surface area contributed by atoms with E-state index in [0.29, 0.717) is 12.8 Å². The van der Waals surface area contributed by atoms with Crippen LogP contribution in [0.5, 0.6) is 0 Å². The Hall–Kier alpha value is -2.13. The number of anilines is 1. The van der Waals surface area contributed by atoms with Crippen molar-refractivity contribution in [3.63, 3.8) is 0 Å². The van der Waals surface area contributed by atoms with E-state index in [1.807, 2.05) is 0 Å². The van der Waals surface area contributed by atoms with Crippen molar-refractivity contribution in [3.05, 3.63) is 24.3 Å². The number of carboxylic acids is 1. The van der Waals surface area contributed by atoms with Crippen LogP contribution in [0.15, 0.2) is 29.2 Å². The Morgan fingerprint density at radius 3 is 2.50 bits per heavy atom. The number of carbonyl (C=O) groups is 2. The van der Waals surface area contributed by atoms with Crippen LogP contribution < -0.4 is 10.6 Å². The van der Waals surface area contributed by atoms with Crippen molar-refractivity contribution < 1.29 is 28.2 Å². The maximum Gasteiger partial charge on any atom is 0.337 e. The van der Waals surface area contributed by atoms with E-state index in [0.717, 1.165) is 26.2 Å². The van der Waals surface area contributed by atoms with Crippen molar-refractivity contribution in [2.24, 2.45) is 0 Å². The van der Waals surface area contributed by atoms with E-state index in [9.17, 15) is 23.1 Å². The quantitative estimate of drug-likeness (QED) is 0.591. The fourth-order valence-electron chi connectivity index (χ4n) is 2.82. The van der Waals surface area contributed by atoms with Crippen LogP contribution >= 0.6 is 0 Å². The molecule has 1 aliphatic carbocycles. The van der Waals surface area contributed by atoms with Crippen LogP contribution in [0.3, 0.4) is 0 Å². The lowest BCUT2D eigenvalue weighted by molar-refractivity contribution is -0.155. The average molecular weight is 384 g/mol. The van der Waals surface area contributed by atoms with Crippen LogP contribution in [0.2, 0.25) is 0 Å². The first-order valence-electron chi connectivity index (χ1n) is 8.47. The van der Waals surface area contributed by atoms with Gasteiger partial charge in [0, 0.05) is 5.69 Å². The fraction of sp³-hybridized carbons (Fsp3) is 0.529. The number of amides is 2. The Balaban J connectivity index is 2.04. The molecular formula is C17H24N2O6S. The molecule has 0 aliphatic heterocycles. The first kappa shape index (κ1) is 20.2. The third-order valence-corrected chi connectivity index (χ3v) is 6.73. The van der Waals surface area contributed by atoms with E-state index in [1.165, 1.54) is 18.2 Å². The Kier molecular flexibility index (Phi) is 6.25. The number of aliphatic carboxylic acids is 1. The molecule has 0 aromatic heterocycles. The van der Waals surface area contributed by atoms with Crippen molar-refractivity contribution in [3.8, 4) is 0 Å². The zero-order valence-corrected chi connectivity index (χ0v) is 15.4. The summed E-state index contributed by atoms with van der Waals surface area (Å²) >= 11 is 0. The van der Waals surface area contributed by atoms with Crippen LogP contribution in [0.1, 0.15) is 39.0 Å². The van der Waals surface area contributed by atoms with E-state index in [4.69, 9.17) is 5.11 Å². The molecule has 1 aromatic rings. The van der Waals surface area contributed by atoms with E-state index in [-0.39, 0.29) is 10.6 Å². The lowest BCUT2D eigenvalue weighted by atomic mass is 10.0. The van der Waals surface area contributed by atoms with Gasteiger partial charge >= 0.3 is 12.0 Å². The number of hydrogen-bond donors (Lipinski definition) is 4. The molecular weight excluding hydrogens is 360 g/mol. The minimum Gasteiger partial charge on any atom is -0.479 e. The SMILES string of the molecule is CC(O)(CNC(=O)Nc1cccc(S(=O)(=O)C2CCCCC2)c1)C(=O)O. The molecule has 0 heterocycles. The zero-order valence-electron chi connectivity index (χ0n) is 14.6. The second-order valence-corrected chi connectivity index (χ2v) is 8.95. The highest BCUT2D eigenvalue weighted by Crippen LogP contribution is 2.29. The summed E-state index contributed by atoms with van der Waals surface area (Å²) in [5, 5.41) is 22.7. The van der Waals surface area contributed by atoms with Crippen LogP contribution in [0, 0.1) is 0 Å². The molecule has 0 saturated heterocycles. The summed E-state index contributed by atoms with van der Waals surface area (Å²) in [5.74, 6) is -1.46. The molecule has 2 rings (SSSR count). The first-order chi connectivity index (χ1) is 12.1. The summed E-state index contributed by atoms with van der Waals surface area (Å²) in [6.45, 7) is 0.571. The van der Waals surface area contributed by atoms with Gasteiger partial charge in [-0.1, -0.05) is 25.3 Å². The highest BCUT2D eigenvalue weighted by atomic mass is 32.2. The number of carboxylic acid groups (broad SMARTS) is 1. The molecule has 1 fully saturated rings. The molecule has 1 unspecified atom stereocenters. The number of rotatable bonds is 6. The lowest BCUT2D eigenvalue weighted by Gasteiger charge is -2.22. The van der Waals surface area contributed by atoms with Gasteiger partial charge in [0.25, 0.3) is 0 Å². The van der Waals surface area contributed by atoms with Gasteiger partial charge in [-0.25, -0.2) is 18.0 Å². The minimum absolute atomic E-state index is 0.153. The second-order valence-electron chi connectivity index (χ2n) is 6.72. The number of hydrogen-bond acceptors (Lipinski definition) is 5. The summed E-state index contributed by atoms with van der Waals surface area (Å²) in [6.07, 6.45) is 4.13. The largest absolute Gasteiger partial charge is 0.479 e. The van der Waals surface area contributed by atoms with Crippen LogP contribution in [-0.4, -0.2) is 48.0 Å². The molecule has 1 aliphatic rings. The van der Waals surface area contributed by atoms with E-state index in [2.05, 4.69) is 10.6 Å². The molecule has 9 heteroatoms. The summed E-state index contributed by atoms with van der Waals surface area (Å²) < 4.78 is 25.5. The molecule has 0 radical (unpaired) electrons. The summed E-state index contributed by atoms with van der Waals surface area (Å²) in [5.41, 5.74) is -1.82. The fourth-order valence-corrected chi connectivity index (χ4v) is 4.72. The third-order valence-electron chi connectivity index (χ3n) is 4.47. The summed E-state index contributed by atoms with van der Waals surface area (Å²) in [4.78, 5) is 22.8. The molecule has 0 spiro atoms. The van der Waals surface area contributed by atoms with E-state index < -0.39 is 39.2 Å². The minimum atomic E-state index is -3.46. The molecule has 8 nitrogen and oxygen atoms in total. The predicted molar refractivity (Wildman–Crippen MR) is 95.8 cm³/mol. The Morgan fingerprint density at radius 2 is 1.88 bits per heavy atom. The van der Waals surface area contributed by atoms with Gasteiger partial charge in [0.2, 0.25) is 0 Å². The van der Waals surface area contributed by atoms with Gasteiger partial charge in [0.1, 0.15) is 0 Å². The predicted octanol–water partition coefficient (Wildman–Crippen LogP) is 1.75. The lowest BCUT2D eigenvalue weighted by Crippen LogP contribution is -2.47. The normalized spacial score (nSPS) is 17.9. The Morgan fingerprint density at radius 1 is 1.23 bits per heavy atom. The second kappa shape index (κ2) is 8.05. The van der Waals surface area contributed by atoms with Crippen molar-refractivity contribution >= 4 is 27.5 Å². The number of sulfone groups is 1. The molecule has 4 N–H and O–H groups in total. The van der Waals surface area contributed by atoms with Gasteiger partial charge in [-0.15, -0.1) is 0 Å². The summed E-state index contributed by atoms with van der Waals surface area (Å²) in [7, 11) is -3.46. The van der Waals surface area contributed by atoms with Crippen molar-refractivity contribution in [1.82, 2.24) is 5.32 Å². The molecule has 0 bridgehead atoms. The maximum absolute atomic E-state index is 12.7. The van der Waals surface area contributed by atoms with Crippen molar-refractivity contribution in [1.29, 1.82) is 0 Å². The Bertz CT molecular complexity index is 769. The van der Waals surface area contributed by atoms with Crippen LogP contribution in [0.25, 0.3) is 0 Å². The smallest absolute Gasteiger partial charge is 0.337 e. The van der Waals surface area contributed by atoms with Gasteiger partial charge in [-0.3, -0.25) is 0 Å². The third kappa shape index (κ3) is 4.95. The van der Waals surface area contributed by atoms with Gasteiger partial charge < -0.3 is 20.8 Å². The summed E-state index contributed by atoms with van der Waals surface area (Å²) in [6, 6.07) is 5.23.